The summed E-state index contributed by atoms with van der Waals surface area (Å²) in [5, 5.41) is 6.91. The van der Waals surface area contributed by atoms with Crippen molar-refractivity contribution in [2.45, 2.75) is 46.0 Å². The standard InChI is InChI=1S/C16H27N3/c1-3-9-17-16-11-15(8-10-18-16)19-12-14-7-5-4-6-13(14)2/h8,10-11,13-14H,3-7,9,12H2,1-2H3,(H2,17,18,19). The van der Waals surface area contributed by atoms with Gasteiger partial charge in [0, 0.05) is 31.0 Å². The Balaban J connectivity index is 1.84. The van der Waals surface area contributed by atoms with E-state index in [1.54, 1.807) is 0 Å². The molecular formula is C16H27N3. The third-order valence-electron chi connectivity index (χ3n) is 4.17. The van der Waals surface area contributed by atoms with Gasteiger partial charge in [0.2, 0.25) is 0 Å². The molecule has 0 saturated heterocycles. The second-order valence-electron chi connectivity index (χ2n) is 5.76. The topological polar surface area (TPSA) is 37.0 Å². The third-order valence-corrected chi connectivity index (χ3v) is 4.17. The van der Waals surface area contributed by atoms with Crippen molar-refractivity contribution in [2.75, 3.05) is 23.7 Å². The average Bonchev–Trinajstić information content (AvgIpc) is 2.45. The molecule has 1 aliphatic rings. The molecule has 0 bridgehead atoms. The van der Waals surface area contributed by atoms with Gasteiger partial charge in [0.1, 0.15) is 5.82 Å². The first-order valence-corrected chi connectivity index (χ1v) is 7.73. The van der Waals surface area contributed by atoms with Gasteiger partial charge in [-0.05, 0) is 30.7 Å². The molecular weight excluding hydrogens is 234 g/mol. The Morgan fingerprint density at radius 3 is 2.89 bits per heavy atom. The molecule has 2 unspecified atom stereocenters. The quantitative estimate of drug-likeness (QED) is 0.808. The second-order valence-corrected chi connectivity index (χ2v) is 5.76. The molecule has 3 nitrogen and oxygen atoms in total. The SMILES string of the molecule is CCCNc1cc(NCC2CCCCC2C)ccn1. The highest BCUT2D eigenvalue weighted by molar-refractivity contribution is 5.51. The number of nitrogens with one attached hydrogen (secondary N) is 2. The van der Waals surface area contributed by atoms with Crippen LogP contribution in [0.5, 0.6) is 0 Å². The molecule has 0 amide bonds. The Morgan fingerprint density at radius 1 is 1.26 bits per heavy atom. The third kappa shape index (κ3) is 4.41. The number of hydrogen-bond donors (Lipinski definition) is 2. The Hall–Kier alpha value is -1.25. The van der Waals surface area contributed by atoms with E-state index in [1.165, 1.54) is 31.4 Å². The molecule has 19 heavy (non-hydrogen) atoms. The number of nitrogens with zero attached hydrogens (tertiary/aromatic N) is 1. The van der Waals surface area contributed by atoms with Gasteiger partial charge >= 0.3 is 0 Å². The molecule has 1 aromatic heterocycles. The van der Waals surface area contributed by atoms with Gasteiger partial charge in [-0.25, -0.2) is 4.98 Å². The zero-order valence-electron chi connectivity index (χ0n) is 12.3. The van der Waals surface area contributed by atoms with E-state index in [9.17, 15) is 0 Å². The highest BCUT2D eigenvalue weighted by Crippen LogP contribution is 2.29. The summed E-state index contributed by atoms with van der Waals surface area (Å²) in [7, 11) is 0. The summed E-state index contributed by atoms with van der Waals surface area (Å²) in [4.78, 5) is 4.34. The fraction of sp³-hybridized carbons (Fsp3) is 0.688. The molecule has 1 aliphatic carbocycles. The summed E-state index contributed by atoms with van der Waals surface area (Å²) in [5.41, 5.74) is 1.19. The highest BCUT2D eigenvalue weighted by atomic mass is 15.0. The van der Waals surface area contributed by atoms with Crippen molar-refractivity contribution >= 4 is 11.5 Å². The van der Waals surface area contributed by atoms with Crippen LogP contribution >= 0.6 is 0 Å². The van der Waals surface area contributed by atoms with Crippen molar-refractivity contribution in [2.24, 2.45) is 11.8 Å². The Bertz CT molecular complexity index is 378. The summed E-state index contributed by atoms with van der Waals surface area (Å²) >= 11 is 0. The van der Waals surface area contributed by atoms with Crippen LogP contribution in [0.3, 0.4) is 0 Å². The summed E-state index contributed by atoms with van der Waals surface area (Å²) in [6.07, 6.45) is 8.59. The van der Waals surface area contributed by atoms with Crippen molar-refractivity contribution in [1.82, 2.24) is 4.98 Å². The molecule has 2 atom stereocenters. The molecule has 0 radical (unpaired) electrons. The van der Waals surface area contributed by atoms with Gasteiger partial charge in [0.05, 0.1) is 0 Å². The monoisotopic (exact) mass is 261 g/mol. The Morgan fingerprint density at radius 2 is 2.11 bits per heavy atom. The maximum absolute atomic E-state index is 4.34. The van der Waals surface area contributed by atoms with Gasteiger partial charge in [-0.15, -0.1) is 0 Å². The van der Waals surface area contributed by atoms with E-state index in [4.69, 9.17) is 0 Å². The van der Waals surface area contributed by atoms with Crippen LogP contribution in [0.2, 0.25) is 0 Å². The number of hydrogen-bond acceptors (Lipinski definition) is 3. The second kappa shape index (κ2) is 7.37. The first-order chi connectivity index (χ1) is 9.29. The van der Waals surface area contributed by atoms with E-state index in [0.717, 1.165) is 37.2 Å². The Labute approximate surface area is 117 Å². The van der Waals surface area contributed by atoms with Crippen LogP contribution in [0.25, 0.3) is 0 Å². The van der Waals surface area contributed by atoms with Crippen LogP contribution in [0.4, 0.5) is 11.5 Å². The fourth-order valence-electron chi connectivity index (χ4n) is 2.84. The predicted molar refractivity (Wildman–Crippen MR) is 82.6 cm³/mol. The normalized spacial score (nSPS) is 23.1. The zero-order chi connectivity index (χ0) is 13.5. The van der Waals surface area contributed by atoms with E-state index >= 15 is 0 Å². The molecule has 0 aromatic carbocycles. The summed E-state index contributed by atoms with van der Waals surface area (Å²) in [6.45, 7) is 6.64. The molecule has 1 fully saturated rings. The van der Waals surface area contributed by atoms with Crippen LogP contribution in [-0.2, 0) is 0 Å². The van der Waals surface area contributed by atoms with E-state index in [1.807, 2.05) is 6.20 Å². The van der Waals surface area contributed by atoms with Crippen molar-refractivity contribution in [3.8, 4) is 0 Å². The summed E-state index contributed by atoms with van der Waals surface area (Å²) < 4.78 is 0. The van der Waals surface area contributed by atoms with Crippen LogP contribution in [-0.4, -0.2) is 18.1 Å². The van der Waals surface area contributed by atoms with E-state index < -0.39 is 0 Å². The van der Waals surface area contributed by atoms with E-state index in [-0.39, 0.29) is 0 Å². The molecule has 1 heterocycles. The smallest absolute Gasteiger partial charge is 0.127 e. The summed E-state index contributed by atoms with van der Waals surface area (Å²) in [6, 6.07) is 4.17. The van der Waals surface area contributed by atoms with Gasteiger partial charge in [-0.3, -0.25) is 0 Å². The first kappa shape index (κ1) is 14.2. The number of rotatable bonds is 6. The van der Waals surface area contributed by atoms with Gasteiger partial charge in [0.25, 0.3) is 0 Å². The first-order valence-electron chi connectivity index (χ1n) is 7.73. The van der Waals surface area contributed by atoms with E-state index in [0.29, 0.717) is 0 Å². The highest BCUT2D eigenvalue weighted by Gasteiger charge is 2.20. The van der Waals surface area contributed by atoms with Gasteiger partial charge in [-0.1, -0.05) is 33.1 Å². The van der Waals surface area contributed by atoms with Crippen molar-refractivity contribution < 1.29 is 0 Å². The zero-order valence-corrected chi connectivity index (χ0v) is 12.3. The lowest BCUT2D eigenvalue weighted by atomic mass is 9.80. The maximum atomic E-state index is 4.34. The van der Waals surface area contributed by atoms with Gasteiger partial charge in [0.15, 0.2) is 0 Å². The minimum Gasteiger partial charge on any atom is -0.385 e. The lowest BCUT2D eigenvalue weighted by Gasteiger charge is -2.29. The van der Waals surface area contributed by atoms with Crippen LogP contribution in [0.1, 0.15) is 46.0 Å². The van der Waals surface area contributed by atoms with Crippen molar-refractivity contribution in [3.63, 3.8) is 0 Å². The molecule has 2 rings (SSSR count). The Kier molecular flexibility index (Phi) is 5.49. The number of aromatic nitrogens is 1. The van der Waals surface area contributed by atoms with Crippen LogP contribution in [0.15, 0.2) is 18.3 Å². The fourth-order valence-corrected chi connectivity index (χ4v) is 2.84. The molecule has 0 spiro atoms. The minimum absolute atomic E-state index is 0.828. The minimum atomic E-state index is 0.828. The average molecular weight is 261 g/mol. The number of pyridine rings is 1. The molecule has 3 heteroatoms. The number of anilines is 2. The van der Waals surface area contributed by atoms with Crippen molar-refractivity contribution in [1.29, 1.82) is 0 Å². The van der Waals surface area contributed by atoms with E-state index in [2.05, 4.69) is 41.6 Å². The van der Waals surface area contributed by atoms with Crippen molar-refractivity contribution in [3.05, 3.63) is 18.3 Å². The predicted octanol–water partition coefficient (Wildman–Crippen LogP) is 4.14. The van der Waals surface area contributed by atoms with Gasteiger partial charge in [-0.2, -0.15) is 0 Å². The molecule has 0 aliphatic heterocycles. The molecule has 106 valence electrons. The molecule has 1 aromatic rings. The van der Waals surface area contributed by atoms with Crippen LogP contribution < -0.4 is 10.6 Å². The lowest BCUT2D eigenvalue weighted by Crippen LogP contribution is -2.24. The molecule has 1 saturated carbocycles. The van der Waals surface area contributed by atoms with Crippen LogP contribution in [0, 0.1) is 11.8 Å². The summed E-state index contributed by atoms with van der Waals surface area (Å²) in [5.74, 6) is 2.67. The molecule has 2 N–H and O–H groups in total. The van der Waals surface area contributed by atoms with Gasteiger partial charge < -0.3 is 10.6 Å². The maximum Gasteiger partial charge on any atom is 0.127 e. The lowest BCUT2D eigenvalue weighted by molar-refractivity contribution is 0.268. The largest absolute Gasteiger partial charge is 0.385 e.